The third-order valence-electron chi connectivity index (χ3n) is 1.79. The molecule has 0 aliphatic heterocycles. The van der Waals surface area contributed by atoms with Gasteiger partial charge in [-0.3, -0.25) is 0 Å². The predicted molar refractivity (Wildman–Crippen MR) is 37.1 cm³/mol. The van der Waals surface area contributed by atoms with Crippen molar-refractivity contribution < 1.29 is 18.8 Å². The fourth-order valence-electron chi connectivity index (χ4n) is 1.14. The van der Waals surface area contributed by atoms with Gasteiger partial charge in [0.2, 0.25) is 0 Å². The first kappa shape index (κ1) is 8.68. The Morgan fingerprint density at radius 3 is 2.55 bits per heavy atom. The summed E-state index contributed by atoms with van der Waals surface area (Å²) in [6, 6.07) is 0. The van der Waals surface area contributed by atoms with Crippen LogP contribution in [0, 0.1) is 0 Å². The highest BCUT2D eigenvalue weighted by molar-refractivity contribution is 6.50. The van der Waals surface area contributed by atoms with E-state index in [1.807, 2.05) is 0 Å². The van der Waals surface area contributed by atoms with E-state index >= 15 is 0 Å². The van der Waals surface area contributed by atoms with Crippen LogP contribution in [-0.2, 0) is 0 Å². The number of hydrogen-bond acceptors (Lipinski definition) is 2. The molecule has 2 nitrogen and oxygen atoms in total. The molecule has 0 saturated carbocycles. The quantitative estimate of drug-likeness (QED) is 0.558. The Hall–Kier alpha value is -0.415. The Balaban J connectivity index is 2.70. The number of halogens is 2. The van der Waals surface area contributed by atoms with Crippen molar-refractivity contribution in [1.82, 2.24) is 0 Å². The van der Waals surface area contributed by atoms with Crippen LogP contribution >= 0.6 is 0 Å². The van der Waals surface area contributed by atoms with Crippen LogP contribution in [0.4, 0.5) is 8.78 Å². The van der Waals surface area contributed by atoms with E-state index in [0.717, 1.165) is 0 Å². The number of rotatable bonds is 1. The zero-order valence-electron chi connectivity index (χ0n) is 5.93. The first-order valence-corrected chi connectivity index (χ1v) is 3.49. The third kappa shape index (κ3) is 2.00. The molecule has 1 aliphatic rings. The molecule has 1 aliphatic carbocycles. The van der Waals surface area contributed by atoms with Crippen LogP contribution in [0.5, 0.6) is 0 Å². The summed E-state index contributed by atoms with van der Waals surface area (Å²) in [6.45, 7) is 0. The van der Waals surface area contributed by atoms with Gasteiger partial charge in [0.25, 0.3) is 0 Å². The van der Waals surface area contributed by atoms with Crippen LogP contribution in [0.25, 0.3) is 0 Å². The molecule has 0 bridgehead atoms. The summed E-state index contributed by atoms with van der Waals surface area (Å²) in [5.41, 5.74) is -0.0705. The number of hydrogen-bond donors (Lipinski definition) is 2. The average Bonchev–Trinajstić information content (AvgIpc) is 1.85. The van der Waals surface area contributed by atoms with Crippen molar-refractivity contribution in [3.8, 4) is 0 Å². The molecule has 0 spiro atoms. The van der Waals surface area contributed by atoms with Crippen LogP contribution in [0.2, 0.25) is 0 Å². The molecule has 0 heterocycles. The van der Waals surface area contributed by atoms with Crippen molar-refractivity contribution in [3.05, 3.63) is 11.3 Å². The minimum atomic E-state index is -1.76. The van der Waals surface area contributed by atoms with Gasteiger partial charge in [-0.2, -0.15) is 0 Å². The van der Waals surface area contributed by atoms with E-state index in [4.69, 9.17) is 10.0 Å². The van der Waals surface area contributed by atoms with Gasteiger partial charge in [-0.25, -0.2) is 8.78 Å². The molecule has 1 rings (SSSR count). The molecule has 0 fully saturated rings. The summed E-state index contributed by atoms with van der Waals surface area (Å²) in [5.74, 6) is -0.709. The fraction of sp³-hybridized carbons (Fsp3) is 0.667. The minimum Gasteiger partial charge on any atom is -0.423 e. The maximum absolute atomic E-state index is 12.7. The molecule has 1 atom stereocenters. The highest BCUT2D eigenvalue weighted by Crippen LogP contribution is 2.28. The van der Waals surface area contributed by atoms with Crippen LogP contribution in [0.1, 0.15) is 19.3 Å². The summed E-state index contributed by atoms with van der Waals surface area (Å²) >= 11 is 0. The highest BCUT2D eigenvalue weighted by Gasteiger charge is 2.27. The Morgan fingerprint density at radius 1 is 1.45 bits per heavy atom. The van der Waals surface area contributed by atoms with E-state index in [0.29, 0.717) is 0 Å². The monoisotopic (exact) mass is 162 g/mol. The van der Waals surface area contributed by atoms with E-state index in [1.54, 1.807) is 0 Å². The van der Waals surface area contributed by atoms with Gasteiger partial charge in [-0.1, -0.05) is 0 Å². The fourth-order valence-corrected chi connectivity index (χ4v) is 1.14. The Labute approximate surface area is 63.7 Å². The lowest BCUT2D eigenvalue weighted by molar-refractivity contribution is 0.278. The zero-order chi connectivity index (χ0) is 8.43. The van der Waals surface area contributed by atoms with Crippen LogP contribution < -0.4 is 0 Å². The molecule has 0 aromatic carbocycles. The second kappa shape index (κ2) is 3.32. The first-order valence-electron chi connectivity index (χ1n) is 3.49. The van der Waals surface area contributed by atoms with Crippen molar-refractivity contribution in [2.75, 3.05) is 0 Å². The second-order valence-corrected chi connectivity index (χ2v) is 2.64. The lowest BCUT2D eigenvalue weighted by Crippen LogP contribution is -2.22. The van der Waals surface area contributed by atoms with Crippen molar-refractivity contribution in [2.24, 2.45) is 0 Å². The van der Waals surface area contributed by atoms with Gasteiger partial charge in [-0.05, 0) is 18.3 Å². The first-order chi connectivity index (χ1) is 5.11. The maximum atomic E-state index is 12.7. The highest BCUT2D eigenvalue weighted by atomic mass is 19.1. The molecule has 0 aromatic heterocycles. The van der Waals surface area contributed by atoms with Crippen LogP contribution in [-0.4, -0.2) is 23.3 Å². The van der Waals surface area contributed by atoms with Gasteiger partial charge in [0, 0.05) is 6.42 Å². The van der Waals surface area contributed by atoms with Gasteiger partial charge in [0.05, 0.1) is 5.83 Å². The zero-order valence-corrected chi connectivity index (χ0v) is 5.93. The lowest BCUT2D eigenvalue weighted by atomic mass is 9.73. The largest absolute Gasteiger partial charge is 0.486 e. The Bertz CT molecular complexity index is 181. The average molecular weight is 162 g/mol. The summed E-state index contributed by atoms with van der Waals surface area (Å²) < 4.78 is 25.1. The SMILES string of the molecule is OB(O)C1=C(F)CC(F)CC1. The summed E-state index contributed by atoms with van der Waals surface area (Å²) in [5, 5.41) is 17.1. The maximum Gasteiger partial charge on any atom is 0.486 e. The van der Waals surface area contributed by atoms with Crippen molar-refractivity contribution in [3.63, 3.8) is 0 Å². The molecule has 0 aromatic rings. The molecule has 5 heteroatoms. The summed E-state index contributed by atoms with van der Waals surface area (Å²) in [7, 11) is -1.76. The summed E-state index contributed by atoms with van der Waals surface area (Å²) in [6.07, 6.45) is -1.20. The van der Waals surface area contributed by atoms with E-state index in [9.17, 15) is 8.78 Å². The standard InChI is InChI=1S/C6H9BF2O2/c8-4-1-2-5(7(10)11)6(9)3-4/h4,10-11H,1-3H2. The van der Waals surface area contributed by atoms with Gasteiger partial charge < -0.3 is 10.0 Å². The molecule has 1 unspecified atom stereocenters. The molecule has 62 valence electrons. The van der Waals surface area contributed by atoms with E-state index in [2.05, 4.69) is 0 Å². The molecule has 0 radical (unpaired) electrons. The Kier molecular flexibility index (Phi) is 2.62. The summed E-state index contributed by atoms with van der Waals surface area (Å²) in [4.78, 5) is 0. The smallest absolute Gasteiger partial charge is 0.423 e. The van der Waals surface area contributed by atoms with Crippen molar-refractivity contribution >= 4 is 7.12 Å². The normalized spacial score (nSPS) is 25.6. The van der Waals surface area contributed by atoms with Crippen molar-refractivity contribution in [2.45, 2.75) is 25.4 Å². The van der Waals surface area contributed by atoms with Gasteiger partial charge in [0.15, 0.2) is 0 Å². The molecule has 0 amide bonds. The minimum absolute atomic E-state index is 0.0705. The molecule has 2 N–H and O–H groups in total. The molecule has 11 heavy (non-hydrogen) atoms. The lowest BCUT2D eigenvalue weighted by Gasteiger charge is -2.17. The topological polar surface area (TPSA) is 40.5 Å². The third-order valence-corrected chi connectivity index (χ3v) is 1.79. The predicted octanol–water partition coefficient (Wildman–Crippen LogP) is 0.744. The van der Waals surface area contributed by atoms with Gasteiger partial charge in [0.1, 0.15) is 6.17 Å². The second-order valence-electron chi connectivity index (χ2n) is 2.64. The number of allylic oxidation sites excluding steroid dienone is 2. The van der Waals surface area contributed by atoms with E-state index in [1.165, 1.54) is 0 Å². The number of alkyl halides is 1. The molecular formula is C6H9BF2O2. The molecular weight excluding hydrogens is 153 g/mol. The molecule has 0 saturated heterocycles. The van der Waals surface area contributed by atoms with Gasteiger partial charge in [-0.15, -0.1) is 0 Å². The van der Waals surface area contributed by atoms with Gasteiger partial charge >= 0.3 is 7.12 Å². The Morgan fingerprint density at radius 2 is 2.09 bits per heavy atom. The van der Waals surface area contributed by atoms with E-state index < -0.39 is 19.1 Å². The van der Waals surface area contributed by atoms with Crippen molar-refractivity contribution in [1.29, 1.82) is 0 Å². The van der Waals surface area contributed by atoms with E-state index in [-0.39, 0.29) is 24.7 Å². The van der Waals surface area contributed by atoms with Crippen LogP contribution in [0.3, 0.4) is 0 Å². The van der Waals surface area contributed by atoms with Crippen LogP contribution in [0.15, 0.2) is 11.3 Å².